The minimum atomic E-state index is -0.0735. The van der Waals surface area contributed by atoms with Crippen LogP contribution in [0.4, 0.5) is 0 Å². The first-order chi connectivity index (χ1) is 9.96. The van der Waals surface area contributed by atoms with Crippen molar-refractivity contribution < 1.29 is 9.53 Å². The van der Waals surface area contributed by atoms with Crippen molar-refractivity contribution in [3.8, 4) is 0 Å². The van der Waals surface area contributed by atoms with E-state index in [2.05, 4.69) is 50.0 Å². The number of H-pyrrole nitrogens is 1. The lowest BCUT2D eigenvalue weighted by molar-refractivity contribution is -0.143. The maximum atomic E-state index is 11.8. The molecule has 3 nitrogen and oxygen atoms in total. The molecule has 0 radical (unpaired) electrons. The van der Waals surface area contributed by atoms with Crippen LogP contribution in [-0.4, -0.2) is 17.6 Å². The van der Waals surface area contributed by atoms with Crippen LogP contribution in [0.3, 0.4) is 0 Å². The van der Waals surface area contributed by atoms with Crippen molar-refractivity contribution in [3.63, 3.8) is 0 Å². The number of aromatic amines is 1. The molecule has 0 spiro atoms. The number of rotatable bonds is 4. The van der Waals surface area contributed by atoms with Crippen LogP contribution in [0.5, 0.6) is 0 Å². The molecule has 0 aliphatic heterocycles. The number of aryl methyl sites for hydroxylation is 1. The van der Waals surface area contributed by atoms with Crippen molar-refractivity contribution >= 4 is 16.9 Å². The third-order valence-electron chi connectivity index (χ3n) is 5.00. The van der Waals surface area contributed by atoms with Gasteiger partial charge in [-0.25, -0.2) is 0 Å². The van der Waals surface area contributed by atoms with Gasteiger partial charge in [-0.1, -0.05) is 32.0 Å². The maximum Gasteiger partial charge on any atom is 0.306 e. The van der Waals surface area contributed by atoms with Crippen LogP contribution in [0.15, 0.2) is 24.3 Å². The molecule has 1 aliphatic rings. The van der Waals surface area contributed by atoms with Crippen molar-refractivity contribution in [3.05, 3.63) is 35.5 Å². The van der Waals surface area contributed by atoms with Crippen LogP contribution < -0.4 is 0 Å². The number of carbonyl (C=O) groups excluding carboxylic acids is 1. The van der Waals surface area contributed by atoms with Gasteiger partial charge in [0, 0.05) is 23.0 Å². The van der Waals surface area contributed by atoms with Crippen molar-refractivity contribution in [2.75, 3.05) is 6.61 Å². The average molecular weight is 285 g/mol. The molecule has 0 unspecified atom stereocenters. The van der Waals surface area contributed by atoms with Crippen LogP contribution in [0, 0.1) is 18.3 Å². The number of ether oxygens (including phenoxy) is 1. The normalized spacial score (nSPS) is 23.2. The predicted octanol–water partition coefficient (Wildman–Crippen LogP) is 4.17. The predicted molar refractivity (Wildman–Crippen MR) is 84.3 cm³/mol. The number of esters is 1. The summed E-state index contributed by atoms with van der Waals surface area (Å²) in [6, 6.07) is 8.41. The van der Waals surface area contributed by atoms with Gasteiger partial charge in [0.25, 0.3) is 0 Å². The Balaban J connectivity index is 1.92. The summed E-state index contributed by atoms with van der Waals surface area (Å²) < 4.78 is 5.12. The Labute approximate surface area is 125 Å². The molecule has 1 aromatic heterocycles. The quantitative estimate of drug-likeness (QED) is 0.857. The first-order valence-electron chi connectivity index (χ1n) is 7.69. The van der Waals surface area contributed by atoms with Gasteiger partial charge in [0.05, 0.1) is 6.61 Å². The van der Waals surface area contributed by atoms with E-state index in [0.29, 0.717) is 24.9 Å². The van der Waals surface area contributed by atoms with Gasteiger partial charge in [0.2, 0.25) is 0 Å². The molecule has 1 aliphatic carbocycles. The van der Waals surface area contributed by atoms with E-state index in [-0.39, 0.29) is 11.4 Å². The maximum absolute atomic E-state index is 11.8. The molecule has 1 heterocycles. The van der Waals surface area contributed by atoms with Crippen molar-refractivity contribution in [2.45, 2.75) is 40.0 Å². The highest BCUT2D eigenvalue weighted by molar-refractivity contribution is 5.86. The SMILES string of the molecule is CCOC(=O)C[C@@H]1[C@H](c2c(C)[nH]c3ccccc23)C1(C)C. The van der Waals surface area contributed by atoms with Crippen LogP contribution in [-0.2, 0) is 9.53 Å². The van der Waals surface area contributed by atoms with E-state index in [0.717, 1.165) is 0 Å². The van der Waals surface area contributed by atoms with Crippen LogP contribution in [0.1, 0.15) is 44.4 Å². The second-order valence-corrected chi connectivity index (χ2v) is 6.62. The van der Waals surface area contributed by atoms with E-state index in [1.807, 2.05) is 6.92 Å². The molecule has 0 amide bonds. The zero-order valence-corrected chi connectivity index (χ0v) is 13.2. The van der Waals surface area contributed by atoms with Gasteiger partial charge in [0.1, 0.15) is 0 Å². The summed E-state index contributed by atoms with van der Waals surface area (Å²) in [6.45, 7) is 8.96. The number of nitrogens with one attached hydrogen (secondary N) is 1. The summed E-state index contributed by atoms with van der Waals surface area (Å²) in [7, 11) is 0. The molecule has 3 heteroatoms. The largest absolute Gasteiger partial charge is 0.466 e. The van der Waals surface area contributed by atoms with E-state index in [1.54, 1.807) is 0 Å². The molecule has 112 valence electrons. The lowest BCUT2D eigenvalue weighted by Gasteiger charge is -2.03. The van der Waals surface area contributed by atoms with Crippen LogP contribution in [0.25, 0.3) is 10.9 Å². The van der Waals surface area contributed by atoms with Crippen LogP contribution >= 0.6 is 0 Å². The molecule has 0 saturated heterocycles. The Morgan fingerprint density at radius 3 is 2.76 bits per heavy atom. The standard InChI is InChI=1S/C18H23NO2/c1-5-21-15(20)10-13-17(18(13,3)4)16-11(2)19-14-9-7-6-8-12(14)16/h6-9,13,17,19H,5,10H2,1-4H3/t13-,17-/m1/s1. The summed E-state index contributed by atoms with van der Waals surface area (Å²) in [5.74, 6) is 0.725. The number of carbonyl (C=O) groups is 1. The van der Waals surface area contributed by atoms with Gasteiger partial charge in [-0.2, -0.15) is 0 Å². The number of para-hydroxylation sites is 1. The van der Waals surface area contributed by atoms with E-state index in [1.165, 1.54) is 22.2 Å². The fourth-order valence-corrected chi connectivity index (χ4v) is 3.80. The van der Waals surface area contributed by atoms with Gasteiger partial charge in [0.15, 0.2) is 0 Å². The van der Waals surface area contributed by atoms with Gasteiger partial charge >= 0.3 is 5.97 Å². The summed E-state index contributed by atoms with van der Waals surface area (Å²) >= 11 is 0. The summed E-state index contributed by atoms with van der Waals surface area (Å²) in [4.78, 5) is 15.3. The fraction of sp³-hybridized carbons (Fsp3) is 0.500. The molecule has 21 heavy (non-hydrogen) atoms. The lowest BCUT2D eigenvalue weighted by Crippen LogP contribution is -2.06. The average Bonchev–Trinajstić information content (AvgIpc) is 2.78. The monoisotopic (exact) mass is 285 g/mol. The number of hydrogen-bond donors (Lipinski definition) is 1. The third kappa shape index (κ3) is 2.25. The summed E-state index contributed by atoms with van der Waals surface area (Å²) in [6.07, 6.45) is 0.518. The molecule has 1 N–H and O–H groups in total. The van der Waals surface area contributed by atoms with Crippen LogP contribution in [0.2, 0.25) is 0 Å². The minimum Gasteiger partial charge on any atom is -0.466 e. The smallest absolute Gasteiger partial charge is 0.306 e. The zero-order valence-electron chi connectivity index (χ0n) is 13.2. The number of aromatic nitrogens is 1. The molecule has 2 atom stereocenters. The fourth-order valence-electron chi connectivity index (χ4n) is 3.80. The first kappa shape index (κ1) is 14.2. The highest BCUT2D eigenvalue weighted by Gasteiger charge is 2.59. The molecule has 3 rings (SSSR count). The number of hydrogen-bond acceptors (Lipinski definition) is 2. The van der Waals surface area contributed by atoms with E-state index < -0.39 is 0 Å². The third-order valence-corrected chi connectivity index (χ3v) is 5.00. The van der Waals surface area contributed by atoms with Gasteiger partial charge < -0.3 is 9.72 Å². The topological polar surface area (TPSA) is 42.1 Å². The Bertz CT molecular complexity index is 684. The highest BCUT2D eigenvalue weighted by atomic mass is 16.5. The van der Waals surface area contributed by atoms with Gasteiger partial charge in [-0.05, 0) is 42.7 Å². The lowest BCUT2D eigenvalue weighted by atomic mass is 10.0. The van der Waals surface area contributed by atoms with Gasteiger partial charge in [-0.3, -0.25) is 4.79 Å². The second kappa shape index (κ2) is 4.90. The highest BCUT2D eigenvalue weighted by Crippen LogP contribution is 2.67. The molecule has 2 aromatic rings. The Hall–Kier alpha value is -1.77. The van der Waals surface area contributed by atoms with Crippen molar-refractivity contribution in [1.82, 2.24) is 4.98 Å². The Morgan fingerprint density at radius 1 is 1.33 bits per heavy atom. The number of benzene rings is 1. The molecule has 0 bridgehead atoms. The van der Waals surface area contributed by atoms with E-state index in [4.69, 9.17) is 4.74 Å². The second-order valence-electron chi connectivity index (χ2n) is 6.62. The summed E-state index contributed by atoms with van der Waals surface area (Å²) in [5, 5.41) is 1.29. The molecule has 1 aromatic carbocycles. The summed E-state index contributed by atoms with van der Waals surface area (Å²) in [5.41, 5.74) is 3.94. The van der Waals surface area contributed by atoms with Gasteiger partial charge in [-0.15, -0.1) is 0 Å². The zero-order chi connectivity index (χ0) is 15.2. The Kier molecular flexibility index (Phi) is 3.31. The molecule has 1 fully saturated rings. The van der Waals surface area contributed by atoms with E-state index in [9.17, 15) is 4.79 Å². The van der Waals surface area contributed by atoms with Crippen molar-refractivity contribution in [2.24, 2.45) is 11.3 Å². The Morgan fingerprint density at radius 2 is 2.05 bits per heavy atom. The molecular formula is C18H23NO2. The minimum absolute atomic E-state index is 0.0735. The number of fused-ring (bicyclic) bond motifs is 1. The molecule has 1 saturated carbocycles. The first-order valence-corrected chi connectivity index (χ1v) is 7.69. The van der Waals surface area contributed by atoms with Crippen molar-refractivity contribution in [1.29, 1.82) is 0 Å². The van der Waals surface area contributed by atoms with E-state index >= 15 is 0 Å². The molecular weight excluding hydrogens is 262 g/mol.